The summed E-state index contributed by atoms with van der Waals surface area (Å²) in [6, 6.07) is 4.18. The first kappa shape index (κ1) is 10.2. The van der Waals surface area contributed by atoms with E-state index in [1.807, 2.05) is 0 Å². The highest BCUT2D eigenvalue weighted by molar-refractivity contribution is 7.12. The van der Waals surface area contributed by atoms with Crippen LogP contribution in [0, 0.1) is 18.8 Å². The molecule has 1 N–H and O–H groups in total. The van der Waals surface area contributed by atoms with Crippen LogP contribution in [0.4, 0.5) is 0 Å². The van der Waals surface area contributed by atoms with E-state index < -0.39 is 0 Å². The highest BCUT2D eigenvalue weighted by atomic mass is 32.1. The number of aryl methyl sites for hydroxylation is 1. The van der Waals surface area contributed by atoms with Crippen molar-refractivity contribution in [2.45, 2.75) is 39.2 Å². The highest BCUT2D eigenvalue weighted by Crippen LogP contribution is 2.41. The van der Waals surface area contributed by atoms with Gasteiger partial charge in [0, 0.05) is 9.75 Å². The van der Waals surface area contributed by atoms with Gasteiger partial charge in [-0.3, -0.25) is 0 Å². The summed E-state index contributed by atoms with van der Waals surface area (Å²) in [6.07, 6.45) is 3.55. The van der Waals surface area contributed by atoms with Gasteiger partial charge < -0.3 is 5.11 Å². The molecule has 3 atom stereocenters. The van der Waals surface area contributed by atoms with Crippen molar-refractivity contribution in [2.24, 2.45) is 11.8 Å². The molecule has 1 fully saturated rings. The molecule has 0 amide bonds. The fraction of sp³-hybridized carbons (Fsp3) is 0.667. The lowest BCUT2D eigenvalue weighted by atomic mass is 9.91. The van der Waals surface area contributed by atoms with Crippen LogP contribution < -0.4 is 0 Å². The van der Waals surface area contributed by atoms with E-state index in [4.69, 9.17) is 0 Å². The monoisotopic (exact) mass is 210 g/mol. The Balaban J connectivity index is 2.11. The minimum atomic E-state index is -0.216. The number of thiophene rings is 1. The lowest BCUT2D eigenvalue weighted by Crippen LogP contribution is -2.13. The molecule has 0 radical (unpaired) electrons. The molecule has 0 saturated heterocycles. The summed E-state index contributed by atoms with van der Waals surface area (Å²) >= 11 is 1.73. The summed E-state index contributed by atoms with van der Waals surface area (Å²) < 4.78 is 0. The second-order valence-electron chi connectivity index (χ2n) is 4.47. The van der Waals surface area contributed by atoms with Gasteiger partial charge in [0.2, 0.25) is 0 Å². The minimum Gasteiger partial charge on any atom is -0.387 e. The fourth-order valence-electron chi connectivity index (χ4n) is 2.47. The van der Waals surface area contributed by atoms with Crippen LogP contribution in [0.1, 0.15) is 42.0 Å². The maximum absolute atomic E-state index is 10.2. The molecular weight excluding hydrogens is 192 g/mol. The number of hydrogen-bond acceptors (Lipinski definition) is 2. The smallest absolute Gasteiger partial charge is 0.0912 e. The molecule has 1 aromatic heterocycles. The maximum Gasteiger partial charge on any atom is 0.0912 e. The van der Waals surface area contributed by atoms with Gasteiger partial charge in [-0.2, -0.15) is 0 Å². The van der Waals surface area contributed by atoms with Crippen molar-refractivity contribution in [1.82, 2.24) is 0 Å². The summed E-state index contributed by atoms with van der Waals surface area (Å²) in [7, 11) is 0. The largest absolute Gasteiger partial charge is 0.387 e. The molecule has 1 heterocycles. The van der Waals surface area contributed by atoms with Crippen molar-refractivity contribution >= 4 is 11.3 Å². The van der Waals surface area contributed by atoms with Crippen molar-refractivity contribution in [3.63, 3.8) is 0 Å². The average molecular weight is 210 g/mol. The second kappa shape index (κ2) is 4.03. The zero-order valence-corrected chi connectivity index (χ0v) is 9.68. The van der Waals surface area contributed by atoms with Gasteiger partial charge >= 0.3 is 0 Å². The molecule has 78 valence electrons. The molecule has 2 rings (SSSR count). The van der Waals surface area contributed by atoms with Gasteiger partial charge in [0.1, 0.15) is 0 Å². The predicted molar refractivity (Wildman–Crippen MR) is 60.5 cm³/mol. The summed E-state index contributed by atoms with van der Waals surface area (Å²) in [5, 5.41) is 10.2. The van der Waals surface area contributed by atoms with Crippen LogP contribution in [0.3, 0.4) is 0 Å². The lowest BCUT2D eigenvalue weighted by Gasteiger charge is -2.20. The number of aliphatic hydroxyl groups excluding tert-OH is 1. The molecule has 1 aliphatic rings. The Bertz CT molecular complexity index is 305. The molecule has 1 nitrogen and oxygen atoms in total. The van der Waals surface area contributed by atoms with Gasteiger partial charge in [0.15, 0.2) is 0 Å². The summed E-state index contributed by atoms with van der Waals surface area (Å²) in [5.74, 6) is 1.18. The first-order valence-corrected chi connectivity index (χ1v) is 6.24. The molecule has 1 saturated carbocycles. The van der Waals surface area contributed by atoms with E-state index in [0.717, 1.165) is 4.88 Å². The normalized spacial score (nSPS) is 29.4. The Morgan fingerprint density at radius 3 is 2.71 bits per heavy atom. The summed E-state index contributed by atoms with van der Waals surface area (Å²) in [5.41, 5.74) is 0. The third-order valence-corrected chi connectivity index (χ3v) is 4.46. The molecule has 1 aromatic rings. The van der Waals surface area contributed by atoms with E-state index in [-0.39, 0.29) is 6.10 Å². The lowest BCUT2D eigenvalue weighted by molar-refractivity contribution is 0.0932. The Morgan fingerprint density at radius 2 is 2.21 bits per heavy atom. The Kier molecular flexibility index (Phi) is 2.93. The Morgan fingerprint density at radius 1 is 1.43 bits per heavy atom. The molecule has 2 heteroatoms. The van der Waals surface area contributed by atoms with Crippen LogP contribution in [0.15, 0.2) is 12.1 Å². The van der Waals surface area contributed by atoms with Crippen LogP contribution in [-0.4, -0.2) is 5.11 Å². The topological polar surface area (TPSA) is 20.2 Å². The van der Waals surface area contributed by atoms with E-state index in [9.17, 15) is 5.11 Å². The Labute approximate surface area is 89.8 Å². The van der Waals surface area contributed by atoms with Crippen molar-refractivity contribution in [1.29, 1.82) is 0 Å². The minimum absolute atomic E-state index is 0.216. The summed E-state index contributed by atoms with van der Waals surface area (Å²) in [6.45, 7) is 4.36. The van der Waals surface area contributed by atoms with Gasteiger partial charge in [-0.05, 0) is 37.3 Å². The third-order valence-electron chi connectivity index (χ3n) is 3.39. The maximum atomic E-state index is 10.2. The Hall–Kier alpha value is -0.340. The molecule has 0 bridgehead atoms. The molecule has 0 aromatic carbocycles. The molecular formula is C12H18OS. The molecule has 0 spiro atoms. The van der Waals surface area contributed by atoms with Gasteiger partial charge in [-0.15, -0.1) is 11.3 Å². The van der Waals surface area contributed by atoms with E-state index >= 15 is 0 Å². The third kappa shape index (κ3) is 1.86. The fourth-order valence-corrected chi connectivity index (χ4v) is 3.41. The number of hydrogen-bond donors (Lipinski definition) is 1. The molecule has 3 unspecified atom stereocenters. The first-order chi connectivity index (χ1) is 6.68. The van der Waals surface area contributed by atoms with Gasteiger partial charge in [-0.1, -0.05) is 19.8 Å². The highest BCUT2D eigenvalue weighted by Gasteiger charge is 2.31. The molecule has 14 heavy (non-hydrogen) atoms. The first-order valence-electron chi connectivity index (χ1n) is 5.43. The van der Waals surface area contributed by atoms with Crippen LogP contribution >= 0.6 is 11.3 Å². The second-order valence-corrected chi connectivity index (χ2v) is 5.78. The van der Waals surface area contributed by atoms with Crippen molar-refractivity contribution < 1.29 is 5.11 Å². The van der Waals surface area contributed by atoms with E-state index in [2.05, 4.69) is 26.0 Å². The van der Waals surface area contributed by atoms with Gasteiger partial charge in [-0.25, -0.2) is 0 Å². The predicted octanol–water partition coefficient (Wildman–Crippen LogP) is 3.53. The van der Waals surface area contributed by atoms with Crippen molar-refractivity contribution in [3.05, 3.63) is 21.9 Å². The van der Waals surface area contributed by atoms with Crippen LogP contribution in [0.5, 0.6) is 0 Å². The van der Waals surface area contributed by atoms with E-state index in [0.29, 0.717) is 11.8 Å². The van der Waals surface area contributed by atoms with Crippen LogP contribution in [-0.2, 0) is 0 Å². The standard InChI is InChI=1S/C12H18OS/c1-8-4-3-5-10(8)12(13)11-7-6-9(2)14-11/h6-8,10,12-13H,3-5H2,1-2H3. The van der Waals surface area contributed by atoms with Crippen LogP contribution in [0.25, 0.3) is 0 Å². The quantitative estimate of drug-likeness (QED) is 0.791. The molecule has 1 aliphatic carbocycles. The summed E-state index contributed by atoms with van der Waals surface area (Å²) in [4.78, 5) is 2.45. The van der Waals surface area contributed by atoms with E-state index in [1.54, 1.807) is 11.3 Å². The van der Waals surface area contributed by atoms with Crippen molar-refractivity contribution in [2.75, 3.05) is 0 Å². The van der Waals surface area contributed by atoms with Gasteiger partial charge in [0.25, 0.3) is 0 Å². The van der Waals surface area contributed by atoms with Crippen LogP contribution in [0.2, 0.25) is 0 Å². The average Bonchev–Trinajstić information content (AvgIpc) is 2.73. The SMILES string of the molecule is Cc1ccc(C(O)C2CCCC2C)s1. The van der Waals surface area contributed by atoms with Crippen molar-refractivity contribution in [3.8, 4) is 0 Å². The molecule has 0 aliphatic heterocycles. The number of aliphatic hydroxyl groups is 1. The van der Waals surface area contributed by atoms with E-state index in [1.165, 1.54) is 24.1 Å². The zero-order valence-electron chi connectivity index (χ0n) is 8.86. The van der Waals surface area contributed by atoms with Gasteiger partial charge in [0.05, 0.1) is 6.10 Å². The zero-order chi connectivity index (χ0) is 10.1. The number of rotatable bonds is 2.